The monoisotopic (exact) mass is 602 g/mol. The van der Waals surface area contributed by atoms with Crippen LogP contribution < -0.4 is 10.1 Å². The molecular weight excluding hydrogens is 564 g/mol. The van der Waals surface area contributed by atoms with Crippen LogP contribution in [0.25, 0.3) is 0 Å². The average Bonchev–Trinajstić information content (AvgIpc) is 3.58. The smallest absolute Gasteiger partial charge is 0.407 e. The highest BCUT2D eigenvalue weighted by Gasteiger charge is 2.44. The molecule has 0 aromatic heterocycles. The van der Waals surface area contributed by atoms with Crippen LogP contribution in [0.1, 0.15) is 42.6 Å². The molecule has 0 saturated carbocycles. The maximum Gasteiger partial charge on any atom is 0.407 e. The number of benzene rings is 2. The number of hydrogen-bond acceptors (Lipinski definition) is 9. The summed E-state index contributed by atoms with van der Waals surface area (Å²) in [6.07, 6.45) is -1.71. The number of nitrogens with zero attached hydrogens (tertiary/aromatic N) is 1. The standard InChI is InChI=1S/C30H38N2O9S/c1-19(2)16-32(42(36,37)21-8-9-27-23(15-21)25(33)11-13-38-27)17-26(34)24(14-20-6-4-3-5-7-20)31-30(35)41-28-18-40-29-22(28)10-12-39-29/h3-9,15,19,22,24,26,28-29,34H,10-14,16-18H2,1-2H3,(H,31,35)/t22?,24-,26+,28?,29?/m0/s1. The van der Waals surface area contributed by atoms with E-state index in [9.17, 15) is 23.1 Å². The largest absolute Gasteiger partial charge is 0.492 e. The van der Waals surface area contributed by atoms with Crippen molar-refractivity contribution in [3.8, 4) is 5.75 Å². The number of carbonyl (C=O) groups is 2. The van der Waals surface area contributed by atoms with Gasteiger partial charge in [0.1, 0.15) is 11.9 Å². The molecule has 3 heterocycles. The van der Waals surface area contributed by atoms with Gasteiger partial charge in [-0.2, -0.15) is 4.31 Å². The van der Waals surface area contributed by atoms with E-state index in [2.05, 4.69) is 5.32 Å². The van der Waals surface area contributed by atoms with Crippen LogP contribution in [0.4, 0.5) is 4.79 Å². The van der Waals surface area contributed by atoms with Crippen molar-refractivity contribution in [3.05, 3.63) is 59.7 Å². The van der Waals surface area contributed by atoms with Gasteiger partial charge in [-0.1, -0.05) is 44.2 Å². The van der Waals surface area contributed by atoms with Crippen LogP contribution in [0, 0.1) is 11.8 Å². The lowest BCUT2D eigenvalue weighted by Gasteiger charge is -2.31. The summed E-state index contributed by atoms with van der Waals surface area (Å²) in [7, 11) is -4.12. The van der Waals surface area contributed by atoms with Crippen molar-refractivity contribution < 1.29 is 42.1 Å². The highest BCUT2D eigenvalue weighted by Crippen LogP contribution is 2.33. The number of ketones is 1. The third-order valence-corrected chi connectivity index (χ3v) is 9.57. The van der Waals surface area contributed by atoms with Crippen molar-refractivity contribution in [2.75, 3.05) is 32.9 Å². The molecule has 5 rings (SSSR count). The molecule has 2 fully saturated rings. The highest BCUT2D eigenvalue weighted by atomic mass is 32.2. The number of alkyl carbamates (subject to hydrolysis) is 1. The molecular formula is C30H38N2O9S. The first kappa shape index (κ1) is 30.4. The zero-order valence-electron chi connectivity index (χ0n) is 23.8. The second-order valence-corrected chi connectivity index (χ2v) is 13.3. The van der Waals surface area contributed by atoms with Crippen molar-refractivity contribution in [2.45, 2.75) is 62.5 Å². The molecule has 3 aliphatic rings. The quantitative estimate of drug-likeness (QED) is 0.397. The SMILES string of the molecule is CC(C)CN(C[C@@H](O)[C@H](Cc1ccccc1)NC(=O)OC1COC2OCCC12)S(=O)(=O)c1ccc2c(c1)C(=O)CCO2. The van der Waals surface area contributed by atoms with E-state index in [1.807, 2.05) is 44.2 Å². The molecule has 0 spiro atoms. The van der Waals surface area contributed by atoms with Crippen LogP contribution >= 0.6 is 0 Å². The molecule has 5 atom stereocenters. The minimum absolute atomic E-state index is 0.0474. The van der Waals surface area contributed by atoms with Gasteiger partial charge >= 0.3 is 6.09 Å². The summed E-state index contributed by atoms with van der Waals surface area (Å²) in [4.78, 5) is 25.4. The first-order valence-electron chi connectivity index (χ1n) is 14.3. The second-order valence-electron chi connectivity index (χ2n) is 11.4. The summed E-state index contributed by atoms with van der Waals surface area (Å²) in [6, 6.07) is 12.7. The van der Waals surface area contributed by atoms with Gasteiger partial charge in [-0.3, -0.25) is 4.79 Å². The third kappa shape index (κ3) is 6.95. The maximum atomic E-state index is 13.9. The van der Waals surface area contributed by atoms with E-state index in [0.717, 1.165) is 12.0 Å². The van der Waals surface area contributed by atoms with Crippen LogP contribution in [0.3, 0.4) is 0 Å². The topological polar surface area (TPSA) is 141 Å². The number of ether oxygens (including phenoxy) is 4. The minimum Gasteiger partial charge on any atom is -0.492 e. The van der Waals surface area contributed by atoms with E-state index in [4.69, 9.17) is 18.9 Å². The Bertz CT molecular complexity index is 1370. The number of hydrogen-bond donors (Lipinski definition) is 2. The molecule has 2 N–H and O–H groups in total. The Morgan fingerprint density at radius 3 is 2.67 bits per heavy atom. The van der Waals surface area contributed by atoms with Gasteiger partial charge in [-0.15, -0.1) is 0 Å². The Morgan fingerprint density at radius 2 is 1.90 bits per heavy atom. The maximum absolute atomic E-state index is 13.9. The molecule has 0 aliphatic carbocycles. The van der Waals surface area contributed by atoms with Crippen molar-refractivity contribution in [2.24, 2.45) is 11.8 Å². The third-order valence-electron chi connectivity index (χ3n) is 7.75. The Morgan fingerprint density at radius 1 is 1.12 bits per heavy atom. The lowest BCUT2D eigenvalue weighted by molar-refractivity contribution is -0.0907. The molecule has 228 valence electrons. The van der Waals surface area contributed by atoms with E-state index >= 15 is 0 Å². The van der Waals surface area contributed by atoms with Gasteiger partial charge < -0.3 is 29.4 Å². The summed E-state index contributed by atoms with van der Waals surface area (Å²) >= 11 is 0. The molecule has 3 unspecified atom stereocenters. The number of nitrogens with one attached hydrogen (secondary N) is 1. The molecule has 2 aromatic rings. The summed E-state index contributed by atoms with van der Waals surface area (Å²) in [6.45, 7) is 4.60. The molecule has 12 heteroatoms. The van der Waals surface area contributed by atoms with Crippen molar-refractivity contribution in [1.29, 1.82) is 0 Å². The van der Waals surface area contributed by atoms with Gasteiger partial charge in [0.2, 0.25) is 10.0 Å². The van der Waals surface area contributed by atoms with E-state index < -0.39 is 34.4 Å². The van der Waals surface area contributed by atoms with Crippen molar-refractivity contribution in [3.63, 3.8) is 0 Å². The molecule has 42 heavy (non-hydrogen) atoms. The van der Waals surface area contributed by atoms with Crippen LogP contribution in [-0.2, 0) is 30.7 Å². The molecule has 2 saturated heterocycles. The normalized spacial score (nSPS) is 23.3. The van der Waals surface area contributed by atoms with Crippen LogP contribution in [0.2, 0.25) is 0 Å². The molecule has 0 bridgehead atoms. The summed E-state index contributed by atoms with van der Waals surface area (Å²) in [5.41, 5.74) is 1.08. The summed E-state index contributed by atoms with van der Waals surface area (Å²) in [5.74, 6) is 0.0600. The van der Waals surface area contributed by atoms with E-state index in [1.165, 1.54) is 22.5 Å². The predicted molar refractivity (Wildman–Crippen MR) is 152 cm³/mol. The van der Waals surface area contributed by atoms with Gasteiger partial charge in [-0.05, 0) is 42.5 Å². The summed E-state index contributed by atoms with van der Waals surface area (Å²) in [5, 5.41) is 14.2. The fourth-order valence-corrected chi connectivity index (χ4v) is 7.23. The summed E-state index contributed by atoms with van der Waals surface area (Å²) < 4.78 is 51.2. The first-order chi connectivity index (χ1) is 20.1. The van der Waals surface area contributed by atoms with Crippen LogP contribution in [0.5, 0.6) is 5.75 Å². The van der Waals surface area contributed by atoms with Gasteiger partial charge in [-0.25, -0.2) is 13.2 Å². The number of amides is 1. The Kier molecular flexibility index (Phi) is 9.48. The Hall–Kier alpha value is -3.03. The highest BCUT2D eigenvalue weighted by molar-refractivity contribution is 7.89. The molecule has 0 radical (unpaired) electrons. The fraction of sp³-hybridized carbons (Fsp3) is 0.533. The number of aliphatic hydroxyl groups excluding tert-OH is 1. The van der Waals surface area contributed by atoms with E-state index in [-0.39, 0.29) is 73.5 Å². The van der Waals surface area contributed by atoms with Gasteiger partial charge in [0.05, 0.1) is 48.3 Å². The average molecular weight is 603 g/mol. The first-order valence-corrected chi connectivity index (χ1v) is 15.8. The van der Waals surface area contributed by atoms with Gasteiger partial charge in [0.15, 0.2) is 12.1 Å². The minimum atomic E-state index is -4.12. The van der Waals surface area contributed by atoms with Gasteiger partial charge in [0.25, 0.3) is 0 Å². The molecule has 3 aliphatic heterocycles. The van der Waals surface area contributed by atoms with Crippen LogP contribution in [0.15, 0.2) is 53.4 Å². The fourth-order valence-electron chi connectivity index (χ4n) is 5.59. The molecule has 2 aromatic carbocycles. The number of rotatable bonds is 11. The van der Waals surface area contributed by atoms with Crippen molar-refractivity contribution in [1.82, 2.24) is 9.62 Å². The van der Waals surface area contributed by atoms with E-state index in [1.54, 1.807) is 0 Å². The molecule has 1 amide bonds. The number of Topliss-reactive ketones (excluding diaryl/α,β-unsaturated/α-hetero) is 1. The second kappa shape index (κ2) is 13.1. The lowest BCUT2D eigenvalue weighted by atomic mass is 10.0. The number of fused-ring (bicyclic) bond motifs is 2. The van der Waals surface area contributed by atoms with Crippen molar-refractivity contribution >= 4 is 21.9 Å². The zero-order valence-corrected chi connectivity index (χ0v) is 24.6. The zero-order chi connectivity index (χ0) is 29.9. The molecule has 11 nitrogen and oxygen atoms in total. The van der Waals surface area contributed by atoms with E-state index in [0.29, 0.717) is 12.4 Å². The van der Waals surface area contributed by atoms with Gasteiger partial charge in [0, 0.05) is 19.5 Å². The lowest BCUT2D eigenvalue weighted by Crippen LogP contribution is -2.51. The Labute approximate surface area is 246 Å². The number of aliphatic hydroxyl groups is 1. The number of carbonyl (C=O) groups excluding carboxylic acids is 2. The number of sulfonamides is 1. The Balaban J connectivity index is 1.35. The van der Waals surface area contributed by atoms with Crippen LogP contribution in [-0.4, -0.2) is 87.2 Å². The predicted octanol–water partition coefficient (Wildman–Crippen LogP) is 2.76.